The van der Waals surface area contributed by atoms with Crippen molar-refractivity contribution in [3.8, 4) is 5.75 Å². The van der Waals surface area contributed by atoms with E-state index >= 15 is 0 Å². The zero-order valence-corrected chi connectivity index (χ0v) is 17.2. The zero-order valence-electron chi connectivity index (χ0n) is 17.2. The lowest BCUT2D eigenvalue weighted by Gasteiger charge is -2.30. The highest BCUT2D eigenvalue weighted by Crippen LogP contribution is 2.26. The van der Waals surface area contributed by atoms with Gasteiger partial charge in [-0.3, -0.25) is 14.5 Å². The van der Waals surface area contributed by atoms with Crippen molar-refractivity contribution in [3.63, 3.8) is 0 Å². The number of ether oxygens (including phenoxy) is 3. The van der Waals surface area contributed by atoms with Crippen LogP contribution >= 0.6 is 0 Å². The predicted octanol–water partition coefficient (Wildman–Crippen LogP) is 2.25. The molecule has 1 saturated carbocycles. The Morgan fingerprint density at radius 3 is 2.59 bits per heavy atom. The maximum Gasteiger partial charge on any atom is 0.311 e. The smallest absolute Gasteiger partial charge is 0.311 e. The molecule has 1 aromatic rings. The number of rotatable bonds is 8. The Hall–Kier alpha value is -2.12. The average molecular weight is 405 g/mol. The lowest BCUT2D eigenvalue weighted by atomic mass is 9.84. The number of hydrogen-bond acceptors (Lipinski definition) is 6. The Balaban J connectivity index is 1.48. The Kier molecular flexibility index (Phi) is 8.31. The molecule has 1 aliphatic heterocycles. The second-order valence-corrected chi connectivity index (χ2v) is 7.55. The molecule has 1 amide bonds. The van der Waals surface area contributed by atoms with Crippen molar-refractivity contribution in [2.75, 3.05) is 46.1 Å². The lowest BCUT2D eigenvalue weighted by Crippen LogP contribution is -2.45. The third-order valence-corrected chi connectivity index (χ3v) is 5.57. The first kappa shape index (κ1) is 21.6. The number of nitrogens with zero attached hydrogens (tertiary/aromatic N) is 1. The minimum Gasteiger partial charge on any atom is -0.492 e. The van der Waals surface area contributed by atoms with Gasteiger partial charge in [0.15, 0.2) is 0 Å². The van der Waals surface area contributed by atoms with Gasteiger partial charge in [0.2, 0.25) is 0 Å². The van der Waals surface area contributed by atoms with E-state index in [4.69, 9.17) is 14.2 Å². The van der Waals surface area contributed by atoms with E-state index in [9.17, 15) is 9.59 Å². The van der Waals surface area contributed by atoms with Crippen LogP contribution in [0.4, 0.5) is 0 Å². The van der Waals surface area contributed by atoms with Crippen LogP contribution in [0.5, 0.6) is 5.75 Å². The molecule has 7 heteroatoms. The summed E-state index contributed by atoms with van der Waals surface area (Å²) in [7, 11) is 0. The van der Waals surface area contributed by atoms with Gasteiger partial charge in [-0.25, -0.2) is 0 Å². The fourth-order valence-electron chi connectivity index (χ4n) is 3.91. The second kappa shape index (κ2) is 11.2. The van der Waals surface area contributed by atoms with Gasteiger partial charge >= 0.3 is 5.97 Å². The van der Waals surface area contributed by atoms with Crippen molar-refractivity contribution in [1.82, 2.24) is 10.2 Å². The number of nitrogens with one attached hydrogen (secondary N) is 1. The summed E-state index contributed by atoms with van der Waals surface area (Å²) in [6, 6.07) is 7.00. The molecule has 1 aliphatic carbocycles. The predicted molar refractivity (Wildman–Crippen MR) is 109 cm³/mol. The lowest BCUT2D eigenvalue weighted by molar-refractivity contribution is -0.150. The average Bonchev–Trinajstić information content (AvgIpc) is 2.75. The standard InChI is InChI=1S/C22H32N2O5/c1-2-28-22(26)19-5-3-4-6-20(19)23-21(25)17-7-9-18(10-8-17)29-16-13-24-11-14-27-15-12-24/h7-10,19-20H,2-6,11-16H2,1H3,(H,23,25). The van der Waals surface area contributed by atoms with Crippen LogP contribution in [0.2, 0.25) is 0 Å². The summed E-state index contributed by atoms with van der Waals surface area (Å²) in [5, 5.41) is 3.03. The molecule has 1 aromatic carbocycles. The van der Waals surface area contributed by atoms with Crippen LogP contribution in [-0.4, -0.2) is 68.9 Å². The van der Waals surface area contributed by atoms with Crippen LogP contribution in [0, 0.1) is 5.92 Å². The second-order valence-electron chi connectivity index (χ2n) is 7.55. The first-order valence-electron chi connectivity index (χ1n) is 10.7. The minimum atomic E-state index is -0.254. The fourth-order valence-corrected chi connectivity index (χ4v) is 3.91. The van der Waals surface area contributed by atoms with E-state index in [1.54, 1.807) is 19.1 Å². The summed E-state index contributed by atoms with van der Waals surface area (Å²) in [5.41, 5.74) is 0.568. The number of carbonyl (C=O) groups is 2. The molecule has 2 atom stereocenters. The van der Waals surface area contributed by atoms with E-state index in [1.807, 2.05) is 12.1 Å². The molecule has 1 heterocycles. The van der Waals surface area contributed by atoms with E-state index in [1.165, 1.54) is 0 Å². The molecule has 0 radical (unpaired) electrons. The number of morpholine rings is 1. The van der Waals surface area contributed by atoms with Gasteiger partial charge in [-0.15, -0.1) is 0 Å². The Labute approximate surface area is 172 Å². The van der Waals surface area contributed by atoms with Crippen molar-refractivity contribution in [3.05, 3.63) is 29.8 Å². The van der Waals surface area contributed by atoms with Crippen molar-refractivity contribution in [1.29, 1.82) is 0 Å². The van der Waals surface area contributed by atoms with Crippen LogP contribution in [0.1, 0.15) is 43.0 Å². The van der Waals surface area contributed by atoms with Gasteiger partial charge in [0.25, 0.3) is 5.91 Å². The van der Waals surface area contributed by atoms with Gasteiger partial charge < -0.3 is 19.5 Å². The summed E-state index contributed by atoms with van der Waals surface area (Å²) in [6.45, 7) is 7.08. The van der Waals surface area contributed by atoms with Crippen molar-refractivity contribution < 1.29 is 23.8 Å². The Morgan fingerprint density at radius 1 is 1.14 bits per heavy atom. The molecule has 0 bridgehead atoms. The molecule has 3 rings (SSSR count). The maximum atomic E-state index is 12.6. The third-order valence-electron chi connectivity index (χ3n) is 5.57. The Bertz CT molecular complexity index is 658. The molecule has 2 unspecified atom stereocenters. The third kappa shape index (κ3) is 6.44. The van der Waals surface area contributed by atoms with E-state index in [0.717, 1.165) is 64.3 Å². The van der Waals surface area contributed by atoms with Crippen LogP contribution in [-0.2, 0) is 14.3 Å². The molecule has 2 aliphatic rings. The van der Waals surface area contributed by atoms with E-state index in [-0.39, 0.29) is 23.8 Å². The van der Waals surface area contributed by atoms with Crippen molar-refractivity contribution in [2.45, 2.75) is 38.6 Å². The molecule has 1 N–H and O–H groups in total. The highest BCUT2D eigenvalue weighted by molar-refractivity contribution is 5.94. The van der Waals surface area contributed by atoms with Crippen LogP contribution < -0.4 is 10.1 Å². The number of hydrogen-bond donors (Lipinski definition) is 1. The number of benzene rings is 1. The summed E-state index contributed by atoms with van der Waals surface area (Å²) < 4.78 is 16.3. The molecule has 160 valence electrons. The van der Waals surface area contributed by atoms with Crippen molar-refractivity contribution in [2.24, 2.45) is 5.92 Å². The van der Waals surface area contributed by atoms with Gasteiger partial charge in [0, 0.05) is 31.2 Å². The first-order valence-corrected chi connectivity index (χ1v) is 10.7. The van der Waals surface area contributed by atoms with Gasteiger partial charge in [0.05, 0.1) is 25.7 Å². The quantitative estimate of drug-likeness (QED) is 0.670. The topological polar surface area (TPSA) is 77.1 Å². The summed E-state index contributed by atoms with van der Waals surface area (Å²) in [5.74, 6) is 0.125. The van der Waals surface area contributed by atoms with E-state index < -0.39 is 0 Å². The highest BCUT2D eigenvalue weighted by atomic mass is 16.5. The zero-order chi connectivity index (χ0) is 20.5. The largest absolute Gasteiger partial charge is 0.492 e. The highest BCUT2D eigenvalue weighted by Gasteiger charge is 2.33. The van der Waals surface area contributed by atoms with Crippen LogP contribution in [0.3, 0.4) is 0 Å². The van der Waals surface area contributed by atoms with Gasteiger partial charge in [-0.05, 0) is 44.0 Å². The SMILES string of the molecule is CCOC(=O)C1CCCCC1NC(=O)c1ccc(OCCN2CCOCC2)cc1. The van der Waals surface area contributed by atoms with E-state index in [2.05, 4.69) is 10.2 Å². The van der Waals surface area contributed by atoms with Crippen LogP contribution in [0.25, 0.3) is 0 Å². The molecule has 29 heavy (non-hydrogen) atoms. The summed E-state index contributed by atoms with van der Waals surface area (Å²) >= 11 is 0. The van der Waals surface area contributed by atoms with Gasteiger partial charge in [-0.1, -0.05) is 12.8 Å². The Morgan fingerprint density at radius 2 is 1.86 bits per heavy atom. The van der Waals surface area contributed by atoms with Gasteiger partial charge in [-0.2, -0.15) is 0 Å². The van der Waals surface area contributed by atoms with Crippen LogP contribution in [0.15, 0.2) is 24.3 Å². The first-order chi connectivity index (χ1) is 14.2. The molecule has 7 nitrogen and oxygen atoms in total. The van der Waals surface area contributed by atoms with Crippen molar-refractivity contribution >= 4 is 11.9 Å². The van der Waals surface area contributed by atoms with Gasteiger partial charge in [0.1, 0.15) is 12.4 Å². The number of carbonyl (C=O) groups excluding carboxylic acids is 2. The summed E-state index contributed by atoms with van der Waals surface area (Å²) in [4.78, 5) is 27.1. The molecular formula is C22H32N2O5. The number of amides is 1. The molecule has 2 fully saturated rings. The maximum absolute atomic E-state index is 12.6. The normalized spacial score (nSPS) is 22.7. The fraction of sp³-hybridized carbons (Fsp3) is 0.636. The monoisotopic (exact) mass is 404 g/mol. The van der Waals surface area contributed by atoms with E-state index in [0.29, 0.717) is 18.8 Å². The minimum absolute atomic E-state index is 0.161. The molecule has 0 aromatic heterocycles. The molecular weight excluding hydrogens is 372 g/mol. The molecule has 0 spiro atoms. The molecule has 1 saturated heterocycles. The number of esters is 1. The summed E-state index contributed by atoms with van der Waals surface area (Å²) in [6.07, 6.45) is 3.57.